The Labute approximate surface area is 128 Å². The lowest BCUT2D eigenvalue weighted by Crippen LogP contribution is -2.25. The summed E-state index contributed by atoms with van der Waals surface area (Å²) in [6.45, 7) is 0.440. The molecule has 0 aliphatic rings. The van der Waals surface area contributed by atoms with E-state index < -0.39 is 10.0 Å². The molecule has 4 N–H and O–H groups in total. The van der Waals surface area contributed by atoms with Crippen molar-refractivity contribution in [2.45, 2.75) is 11.3 Å². The summed E-state index contributed by atoms with van der Waals surface area (Å²) in [5, 5.41) is 0.751. The van der Waals surface area contributed by atoms with Crippen LogP contribution in [0, 0.1) is 0 Å². The second-order valence-electron chi connectivity index (χ2n) is 4.44. The Morgan fingerprint density at radius 3 is 2.81 bits per heavy atom. The van der Waals surface area contributed by atoms with Gasteiger partial charge in [0.25, 0.3) is 0 Å². The summed E-state index contributed by atoms with van der Waals surface area (Å²) >= 11 is 1.69. The minimum absolute atomic E-state index is 0.245. The van der Waals surface area contributed by atoms with Gasteiger partial charge in [-0.2, -0.15) is 11.8 Å². The van der Waals surface area contributed by atoms with Crippen molar-refractivity contribution in [2.24, 2.45) is 5.84 Å². The van der Waals surface area contributed by atoms with E-state index in [-0.39, 0.29) is 4.90 Å². The van der Waals surface area contributed by atoms with E-state index in [1.54, 1.807) is 42.1 Å². The highest BCUT2D eigenvalue weighted by atomic mass is 32.2. The number of hydrogen-bond acceptors (Lipinski definition) is 6. The third kappa shape index (κ3) is 4.07. The summed E-state index contributed by atoms with van der Waals surface area (Å²) < 4.78 is 27.0. The van der Waals surface area contributed by atoms with Crippen molar-refractivity contribution in [3.63, 3.8) is 0 Å². The van der Waals surface area contributed by atoms with E-state index in [2.05, 4.69) is 15.1 Å². The number of hydrazine groups is 1. The van der Waals surface area contributed by atoms with Crippen molar-refractivity contribution in [1.82, 2.24) is 9.71 Å². The number of nitrogens with zero attached hydrogens (tertiary/aromatic N) is 1. The number of sulfonamides is 1. The highest BCUT2D eigenvalue weighted by molar-refractivity contribution is 7.98. The van der Waals surface area contributed by atoms with Gasteiger partial charge in [-0.05, 0) is 48.8 Å². The number of benzene rings is 1. The van der Waals surface area contributed by atoms with Crippen LogP contribution in [0.4, 0.5) is 5.82 Å². The fourth-order valence-corrected chi connectivity index (χ4v) is 3.40. The number of rotatable bonds is 7. The number of fused-ring (bicyclic) bond motifs is 1. The van der Waals surface area contributed by atoms with Gasteiger partial charge in [0.1, 0.15) is 5.82 Å². The standard InChI is InChI=1S/C13H18N4O2S2/c1-20-8-2-7-15-21(18,19)11-4-5-12-10(9-11)3-6-13(16-12)17-14/h3-6,9,15H,2,7-8,14H2,1H3,(H,16,17). The third-order valence-corrected chi connectivity index (χ3v) is 5.09. The number of nitrogens with one attached hydrogen (secondary N) is 2. The first-order chi connectivity index (χ1) is 10.1. The third-order valence-electron chi connectivity index (χ3n) is 2.94. The fourth-order valence-electron chi connectivity index (χ4n) is 1.86. The molecule has 1 aromatic heterocycles. The largest absolute Gasteiger partial charge is 0.308 e. The Hall–Kier alpha value is -1.35. The molecular formula is C13H18N4O2S2. The van der Waals surface area contributed by atoms with Gasteiger partial charge < -0.3 is 5.43 Å². The van der Waals surface area contributed by atoms with Crippen LogP contribution in [0.15, 0.2) is 35.2 Å². The van der Waals surface area contributed by atoms with Gasteiger partial charge in [0.15, 0.2) is 0 Å². The van der Waals surface area contributed by atoms with Crippen molar-refractivity contribution in [1.29, 1.82) is 0 Å². The van der Waals surface area contributed by atoms with E-state index in [1.807, 2.05) is 6.26 Å². The number of aromatic nitrogens is 1. The zero-order valence-electron chi connectivity index (χ0n) is 11.7. The van der Waals surface area contributed by atoms with E-state index in [0.29, 0.717) is 17.9 Å². The monoisotopic (exact) mass is 326 g/mol. The summed E-state index contributed by atoms with van der Waals surface area (Å²) in [4.78, 5) is 4.49. The molecule has 0 radical (unpaired) electrons. The zero-order valence-corrected chi connectivity index (χ0v) is 13.3. The average molecular weight is 326 g/mol. The fraction of sp³-hybridized carbons (Fsp3) is 0.308. The molecule has 1 aromatic carbocycles. The second kappa shape index (κ2) is 7.08. The summed E-state index contributed by atoms with van der Waals surface area (Å²) in [5.74, 6) is 6.76. The minimum atomic E-state index is -3.48. The molecule has 0 aliphatic carbocycles. The normalized spacial score (nSPS) is 11.7. The SMILES string of the molecule is CSCCCNS(=O)(=O)c1ccc2nc(NN)ccc2c1. The molecule has 8 heteroatoms. The molecule has 2 aromatic rings. The molecule has 0 saturated carbocycles. The van der Waals surface area contributed by atoms with Crippen LogP contribution in [0.5, 0.6) is 0 Å². The van der Waals surface area contributed by atoms with E-state index in [4.69, 9.17) is 5.84 Å². The highest BCUT2D eigenvalue weighted by Crippen LogP contribution is 2.19. The number of anilines is 1. The Kier molecular flexibility index (Phi) is 5.40. The Balaban J connectivity index is 2.21. The van der Waals surface area contributed by atoms with Crippen LogP contribution in [0.2, 0.25) is 0 Å². The lowest BCUT2D eigenvalue weighted by atomic mass is 10.2. The predicted octanol–water partition coefficient (Wildman–Crippen LogP) is 1.55. The summed E-state index contributed by atoms with van der Waals surface area (Å²) in [6.07, 6.45) is 2.80. The van der Waals surface area contributed by atoms with E-state index in [1.165, 1.54) is 0 Å². The Morgan fingerprint density at radius 2 is 2.10 bits per heavy atom. The van der Waals surface area contributed by atoms with Crippen LogP contribution in [0.25, 0.3) is 10.9 Å². The molecule has 2 rings (SSSR count). The maximum atomic E-state index is 12.2. The van der Waals surface area contributed by atoms with Crippen molar-refractivity contribution in [2.75, 3.05) is 24.0 Å². The van der Waals surface area contributed by atoms with E-state index >= 15 is 0 Å². The van der Waals surface area contributed by atoms with Crippen LogP contribution in [-0.4, -0.2) is 32.0 Å². The average Bonchev–Trinajstić information content (AvgIpc) is 2.50. The van der Waals surface area contributed by atoms with Gasteiger partial charge in [-0.15, -0.1) is 0 Å². The molecule has 0 spiro atoms. The number of nitrogens with two attached hydrogens (primary N) is 1. The first-order valence-corrected chi connectivity index (χ1v) is 9.30. The molecule has 0 atom stereocenters. The van der Waals surface area contributed by atoms with Gasteiger partial charge in [-0.1, -0.05) is 0 Å². The van der Waals surface area contributed by atoms with E-state index in [9.17, 15) is 8.42 Å². The minimum Gasteiger partial charge on any atom is -0.308 e. The Morgan fingerprint density at radius 1 is 1.29 bits per heavy atom. The van der Waals surface area contributed by atoms with Crippen LogP contribution in [0.1, 0.15) is 6.42 Å². The number of nitrogen functional groups attached to an aromatic ring is 1. The van der Waals surface area contributed by atoms with Crippen LogP contribution in [-0.2, 0) is 10.0 Å². The molecule has 0 amide bonds. The molecule has 1 heterocycles. The molecule has 0 unspecified atom stereocenters. The molecule has 21 heavy (non-hydrogen) atoms. The maximum absolute atomic E-state index is 12.2. The van der Waals surface area contributed by atoms with Gasteiger partial charge in [0, 0.05) is 11.9 Å². The number of pyridine rings is 1. The predicted molar refractivity (Wildman–Crippen MR) is 87.7 cm³/mol. The first kappa shape index (κ1) is 16.0. The highest BCUT2D eigenvalue weighted by Gasteiger charge is 2.14. The van der Waals surface area contributed by atoms with Crippen LogP contribution in [0.3, 0.4) is 0 Å². The van der Waals surface area contributed by atoms with Gasteiger partial charge in [-0.25, -0.2) is 24.0 Å². The summed E-state index contributed by atoms with van der Waals surface area (Å²) in [6, 6.07) is 8.31. The van der Waals surface area contributed by atoms with Crippen molar-refractivity contribution in [3.05, 3.63) is 30.3 Å². The van der Waals surface area contributed by atoms with Crippen molar-refractivity contribution >= 4 is 38.5 Å². The maximum Gasteiger partial charge on any atom is 0.240 e. The van der Waals surface area contributed by atoms with Gasteiger partial charge in [-0.3, -0.25) is 0 Å². The smallest absolute Gasteiger partial charge is 0.240 e. The lowest BCUT2D eigenvalue weighted by Gasteiger charge is -2.08. The molecular weight excluding hydrogens is 308 g/mol. The van der Waals surface area contributed by atoms with Crippen molar-refractivity contribution < 1.29 is 8.42 Å². The zero-order chi connectivity index (χ0) is 15.3. The van der Waals surface area contributed by atoms with Gasteiger partial charge in [0.2, 0.25) is 10.0 Å². The number of hydrogen-bond donors (Lipinski definition) is 3. The molecule has 0 bridgehead atoms. The molecule has 0 saturated heterocycles. The van der Waals surface area contributed by atoms with Gasteiger partial charge >= 0.3 is 0 Å². The number of thioether (sulfide) groups is 1. The second-order valence-corrected chi connectivity index (χ2v) is 7.19. The van der Waals surface area contributed by atoms with Crippen LogP contribution < -0.4 is 16.0 Å². The quantitative estimate of drug-likeness (QED) is 0.406. The van der Waals surface area contributed by atoms with Crippen LogP contribution >= 0.6 is 11.8 Å². The topological polar surface area (TPSA) is 97.1 Å². The Bertz CT molecular complexity index is 719. The molecule has 0 aliphatic heterocycles. The molecule has 0 fully saturated rings. The molecule has 114 valence electrons. The lowest BCUT2D eigenvalue weighted by molar-refractivity contribution is 0.581. The van der Waals surface area contributed by atoms with E-state index in [0.717, 1.165) is 17.6 Å². The summed E-state index contributed by atoms with van der Waals surface area (Å²) in [7, 11) is -3.48. The molecule has 6 nitrogen and oxygen atoms in total. The summed E-state index contributed by atoms with van der Waals surface area (Å²) in [5.41, 5.74) is 3.15. The van der Waals surface area contributed by atoms with Gasteiger partial charge in [0.05, 0.1) is 10.4 Å². The first-order valence-electron chi connectivity index (χ1n) is 6.43. The van der Waals surface area contributed by atoms with Crippen molar-refractivity contribution in [3.8, 4) is 0 Å².